The van der Waals surface area contributed by atoms with Crippen molar-refractivity contribution in [3.05, 3.63) is 34.9 Å². The molecule has 18 heavy (non-hydrogen) atoms. The van der Waals surface area contributed by atoms with Crippen molar-refractivity contribution in [2.75, 3.05) is 7.05 Å². The van der Waals surface area contributed by atoms with Crippen LogP contribution in [0.4, 0.5) is 0 Å². The van der Waals surface area contributed by atoms with Crippen molar-refractivity contribution in [3.63, 3.8) is 0 Å². The highest BCUT2D eigenvalue weighted by Gasteiger charge is 2.17. The maximum atomic E-state index is 12.0. The van der Waals surface area contributed by atoms with Gasteiger partial charge in [0.15, 0.2) is 0 Å². The lowest BCUT2D eigenvalue weighted by molar-refractivity contribution is -0.132. The van der Waals surface area contributed by atoms with Crippen LogP contribution in [-0.4, -0.2) is 23.9 Å². The highest BCUT2D eigenvalue weighted by atomic mass is 35.5. The number of hydrogen-bond acceptors (Lipinski definition) is 2. The molecule has 1 unspecified atom stereocenters. The molecule has 0 heterocycles. The predicted molar refractivity (Wildman–Crippen MR) is 75.4 cm³/mol. The molecule has 0 aromatic heterocycles. The quantitative estimate of drug-likeness (QED) is 0.862. The molecule has 1 rings (SSSR count). The lowest BCUT2D eigenvalue weighted by atomic mass is 10.1. The number of nitrogens with two attached hydrogens (primary N) is 1. The third kappa shape index (κ3) is 4.67. The van der Waals surface area contributed by atoms with E-state index in [1.54, 1.807) is 11.9 Å². The molecule has 4 heteroatoms. The second-order valence-corrected chi connectivity index (χ2v) is 5.01. The maximum absolute atomic E-state index is 12.0. The zero-order chi connectivity index (χ0) is 13.5. The van der Waals surface area contributed by atoms with E-state index < -0.39 is 6.04 Å². The van der Waals surface area contributed by atoms with Crippen LogP contribution in [0.1, 0.15) is 31.7 Å². The number of amides is 1. The zero-order valence-electron chi connectivity index (χ0n) is 11.0. The number of benzene rings is 1. The van der Waals surface area contributed by atoms with E-state index in [-0.39, 0.29) is 5.91 Å². The average molecular weight is 269 g/mol. The molecule has 0 aliphatic carbocycles. The van der Waals surface area contributed by atoms with Gasteiger partial charge in [-0.25, -0.2) is 0 Å². The van der Waals surface area contributed by atoms with Gasteiger partial charge in [-0.05, 0) is 24.1 Å². The highest BCUT2D eigenvalue weighted by Crippen LogP contribution is 2.13. The molecular weight excluding hydrogens is 248 g/mol. The van der Waals surface area contributed by atoms with E-state index in [0.717, 1.165) is 24.8 Å². The summed E-state index contributed by atoms with van der Waals surface area (Å²) in [5, 5.41) is 0.684. The second kappa shape index (κ2) is 7.39. The maximum Gasteiger partial charge on any atom is 0.239 e. The molecule has 0 aliphatic heterocycles. The number of likely N-dealkylation sites (N-methyl/N-ethyl adjacent to an activating group) is 1. The molecule has 1 aromatic rings. The molecule has 0 saturated heterocycles. The second-order valence-electron chi connectivity index (χ2n) is 4.57. The third-order valence-electron chi connectivity index (χ3n) is 2.87. The summed E-state index contributed by atoms with van der Waals surface area (Å²) >= 11 is 5.91. The smallest absolute Gasteiger partial charge is 0.239 e. The first-order chi connectivity index (χ1) is 8.54. The Kier molecular flexibility index (Phi) is 6.16. The van der Waals surface area contributed by atoms with Crippen LogP contribution in [0.5, 0.6) is 0 Å². The Hall–Kier alpha value is -1.06. The van der Waals surface area contributed by atoms with Crippen LogP contribution in [0, 0.1) is 0 Å². The number of rotatable bonds is 6. The van der Waals surface area contributed by atoms with Gasteiger partial charge in [-0.3, -0.25) is 4.79 Å². The van der Waals surface area contributed by atoms with E-state index in [1.807, 2.05) is 24.3 Å². The van der Waals surface area contributed by atoms with Crippen molar-refractivity contribution >= 4 is 17.5 Å². The van der Waals surface area contributed by atoms with E-state index in [2.05, 4.69) is 6.92 Å². The third-order valence-corrected chi connectivity index (χ3v) is 3.11. The lowest BCUT2D eigenvalue weighted by Crippen LogP contribution is -2.41. The summed E-state index contributed by atoms with van der Waals surface area (Å²) in [6.07, 6.45) is 2.78. The van der Waals surface area contributed by atoms with Crippen molar-refractivity contribution in [1.82, 2.24) is 4.90 Å². The van der Waals surface area contributed by atoms with Crippen LogP contribution in [0.3, 0.4) is 0 Å². The van der Waals surface area contributed by atoms with Crippen LogP contribution in [0.15, 0.2) is 24.3 Å². The van der Waals surface area contributed by atoms with Crippen LogP contribution in [-0.2, 0) is 11.3 Å². The topological polar surface area (TPSA) is 46.3 Å². The van der Waals surface area contributed by atoms with Crippen molar-refractivity contribution in [1.29, 1.82) is 0 Å². The standard InChI is InChI=1S/C14H21ClN2O/c1-3-4-8-13(16)14(18)17(2)10-11-6-5-7-12(15)9-11/h5-7,9,13H,3-4,8,10,16H2,1-2H3. The zero-order valence-corrected chi connectivity index (χ0v) is 11.8. The minimum atomic E-state index is -0.394. The van der Waals surface area contributed by atoms with E-state index in [1.165, 1.54) is 0 Å². The SMILES string of the molecule is CCCCC(N)C(=O)N(C)Cc1cccc(Cl)c1. The monoisotopic (exact) mass is 268 g/mol. The summed E-state index contributed by atoms with van der Waals surface area (Å²) in [5.74, 6) is -0.0107. The van der Waals surface area contributed by atoms with E-state index in [9.17, 15) is 4.79 Å². The minimum Gasteiger partial charge on any atom is -0.340 e. The Balaban J connectivity index is 2.54. The van der Waals surface area contributed by atoms with Gasteiger partial charge in [-0.15, -0.1) is 0 Å². The van der Waals surface area contributed by atoms with Crippen LogP contribution < -0.4 is 5.73 Å². The summed E-state index contributed by atoms with van der Waals surface area (Å²) in [4.78, 5) is 13.7. The number of nitrogens with zero attached hydrogens (tertiary/aromatic N) is 1. The van der Waals surface area contributed by atoms with Gasteiger partial charge in [-0.2, -0.15) is 0 Å². The van der Waals surface area contributed by atoms with Crippen molar-refractivity contribution in [3.8, 4) is 0 Å². The Bertz CT molecular complexity index is 395. The summed E-state index contributed by atoms with van der Waals surface area (Å²) in [6, 6.07) is 7.12. The Morgan fingerprint density at radius 2 is 2.22 bits per heavy atom. The normalized spacial score (nSPS) is 12.2. The molecule has 1 aromatic carbocycles. The number of carbonyl (C=O) groups is 1. The van der Waals surface area contributed by atoms with Crippen LogP contribution in [0.25, 0.3) is 0 Å². The van der Waals surface area contributed by atoms with Gasteiger partial charge in [0.2, 0.25) is 5.91 Å². The summed E-state index contributed by atoms with van der Waals surface area (Å²) in [5.41, 5.74) is 6.89. The predicted octanol–water partition coefficient (Wildman–Crippen LogP) is 2.82. The van der Waals surface area contributed by atoms with Crippen LogP contribution in [0.2, 0.25) is 5.02 Å². The highest BCUT2D eigenvalue weighted by molar-refractivity contribution is 6.30. The molecule has 0 radical (unpaired) electrons. The molecule has 100 valence electrons. The fourth-order valence-electron chi connectivity index (χ4n) is 1.82. The fraction of sp³-hybridized carbons (Fsp3) is 0.500. The summed E-state index contributed by atoms with van der Waals surface area (Å²) < 4.78 is 0. The van der Waals surface area contributed by atoms with E-state index >= 15 is 0 Å². The average Bonchev–Trinajstić information content (AvgIpc) is 2.35. The molecule has 1 atom stereocenters. The Morgan fingerprint density at radius 3 is 2.83 bits per heavy atom. The molecule has 0 aliphatic rings. The molecule has 0 spiro atoms. The van der Waals surface area contributed by atoms with Crippen LogP contribution >= 0.6 is 11.6 Å². The van der Waals surface area contributed by atoms with Gasteiger partial charge < -0.3 is 10.6 Å². The number of hydrogen-bond donors (Lipinski definition) is 1. The number of carbonyl (C=O) groups excluding carboxylic acids is 1. The first-order valence-corrected chi connectivity index (χ1v) is 6.67. The molecule has 0 saturated carbocycles. The van der Waals surface area contributed by atoms with Gasteiger partial charge in [0.25, 0.3) is 0 Å². The Morgan fingerprint density at radius 1 is 1.50 bits per heavy atom. The first-order valence-electron chi connectivity index (χ1n) is 6.29. The van der Waals surface area contributed by atoms with Crippen molar-refractivity contribution in [2.45, 2.75) is 38.8 Å². The van der Waals surface area contributed by atoms with Crippen molar-refractivity contribution < 1.29 is 4.79 Å². The van der Waals surface area contributed by atoms with Gasteiger partial charge in [0.05, 0.1) is 6.04 Å². The van der Waals surface area contributed by atoms with E-state index in [4.69, 9.17) is 17.3 Å². The van der Waals surface area contributed by atoms with Gasteiger partial charge in [-0.1, -0.05) is 43.5 Å². The summed E-state index contributed by atoms with van der Waals surface area (Å²) in [6.45, 7) is 2.63. The number of unbranched alkanes of at least 4 members (excludes halogenated alkanes) is 1. The van der Waals surface area contributed by atoms with Gasteiger partial charge >= 0.3 is 0 Å². The van der Waals surface area contributed by atoms with Gasteiger partial charge in [0.1, 0.15) is 0 Å². The number of halogens is 1. The molecule has 3 nitrogen and oxygen atoms in total. The molecule has 1 amide bonds. The molecule has 0 fully saturated rings. The molecule has 0 bridgehead atoms. The van der Waals surface area contributed by atoms with E-state index in [0.29, 0.717) is 11.6 Å². The largest absolute Gasteiger partial charge is 0.340 e. The van der Waals surface area contributed by atoms with Gasteiger partial charge in [0, 0.05) is 18.6 Å². The molecule has 2 N–H and O–H groups in total. The molecular formula is C14H21ClN2O. The fourth-order valence-corrected chi connectivity index (χ4v) is 2.03. The first kappa shape index (κ1) is 15.0. The summed E-state index contributed by atoms with van der Waals surface area (Å²) in [7, 11) is 1.77. The van der Waals surface area contributed by atoms with Crippen molar-refractivity contribution in [2.24, 2.45) is 5.73 Å². The minimum absolute atomic E-state index is 0.0107. The Labute approximate surface area is 114 Å². The lowest BCUT2D eigenvalue weighted by Gasteiger charge is -2.21.